The highest BCUT2D eigenvalue weighted by atomic mass is 32.1. The first-order valence-corrected chi connectivity index (χ1v) is 7.49. The number of thiophene rings is 1. The van der Waals surface area contributed by atoms with Crippen molar-refractivity contribution >= 4 is 33.8 Å². The Labute approximate surface area is 124 Å². The molecule has 7 heteroatoms. The van der Waals surface area contributed by atoms with Crippen LogP contribution < -0.4 is 5.56 Å². The van der Waals surface area contributed by atoms with E-state index in [1.165, 1.54) is 0 Å². The Morgan fingerprint density at radius 3 is 2.90 bits per heavy atom. The summed E-state index contributed by atoms with van der Waals surface area (Å²) in [6, 6.07) is 0. The number of H-pyrrole nitrogens is 1. The van der Waals surface area contributed by atoms with Crippen LogP contribution in [0, 0.1) is 18.6 Å². The summed E-state index contributed by atoms with van der Waals surface area (Å²) in [6.07, 6.45) is 5.33. The molecule has 3 aromatic heterocycles. The number of rotatable bonds is 3. The van der Waals surface area contributed by atoms with Crippen molar-refractivity contribution in [3.05, 3.63) is 44.3 Å². The van der Waals surface area contributed by atoms with Crippen LogP contribution in [0.1, 0.15) is 10.4 Å². The van der Waals surface area contributed by atoms with Gasteiger partial charge in [-0.05, 0) is 31.6 Å². The number of nitrogens with zero attached hydrogens (tertiary/aromatic N) is 3. The monoisotopic (exact) mass is 306 g/mol. The smallest absolute Gasteiger partial charge is 0.263 e. The highest BCUT2D eigenvalue weighted by Gasteiger charge is 2.12. The maximum Gasteiger partial charge on any atom is 0.263 e. The van der Waals surface area contributed by atoms with Crippen LogP contribution in [0.2, 0.25) is 0 Å². The largest absolute Gasteiger partial charge is 0.336 e. The fourth-order valence-electron chi connectivity index (χ4n) is 2.20. The second kappa shape index (κ2) is 4.99. The topological polar surface area (TPSA) is 55.6 Å². The lowest BCUT2D eigenvalue weighted by Crippen LogP contribution is -2.24. The fraction of sp³-hybridized carbons (Fsp3) is 0.308. The van der Waals surface area contributed by atoms with Crippen molar-refractivity contribution in [1.82, 2.24) is 19.1 Å². The van der Waals surface area contributed by atoms with E-state index in [1.54, 1.807) is 28.4 Å². The minimum Gasteiger partial charge on any atom is -0.336 e. The minimum atomic E-state index is -0.00860. The van der Waals surface area contributed by atoms with Crippen molar-refractivity contribution in [2.45, 2.75) is 26.9 Å². The van der Waals surface area contributed by atoms with E-state index in [-0.39, 0.29) is 5.56 Å². The molecule has 0 amide bonds. The van der Waals surface area contributed by atoms with E-state index in [1.807, 2.05) is 24.6 Å². The molecule has 3 aromatic rings. The standard InChI is InChI=1S/C13H14N4OS2/c1-8-9(2)20-11-10(8)12(18)17(13(19)15-11)6-5-16-4-3-14-7-16/h3-4,7H,5-6H2,1-2H3,(H,15,19). The summed E-state index contributed by atoms with van der Waals surface area (Å²) < 4.78 is 4.03. The lowest BCUT2D eigenvalue weighted by atomic mass is 10.2. The van der Waals surface area contributed by atoms with Crippen LogP contribution in [-0.4, -0.2) is 19.1 Å². The molecular formula is C13H14N4OS2. The molecule has 0 radical (unpaired) electrons. The number of aromatic amines is 1. The number of imidazole rings is 1. The average Bonchev–Trinajstić information content (AvgIpc) is 2.99. The van der Waals surface area contributed by atoms with Gasteiger partial charge in [-0.15, -0.1) is 11.3 Å². The molecule has 5 nitrogen and oxygen atoms in total. The second-order valence-electron chi connectivity index (χ2n) is 4.67. The zero-order chi connectivity index (χ0) is 14.3. The van der Waals surface area contributed by atoms with Crippen molar-refractivity contribution in [3.63, 3.8) is 0 Å². The third-order valence-corrected chi connectivity index (χ3v) is 4.90. The Hall–Kier alpha value is -1.73. The van der Waals surface area contributed by atoms with Gasteiger partial charge in [-0.3, -0.25) is 9.36 Å². The second-order valence-corrected chi connectivity index (χ2v) is 6.29. The van der Waals surface area contributed by atoms with Gasteiger partial charge in [-0.25, -0.2) is 4.98 Å². The van der Waals surface area contributed by atoms with Crippen LogP contribution in [0.3, 0.4) is 0 Å². The van der Waals surface area contributed by atoms with Crippen molar-refractivity contribution in [3.8, 4) is 0 Å². The molecular weight excluding hydrogens is 292 g/mol. The Balaban J connectivity index is 2.09. The van der Waals surface area contributed by atoms with E-state index in [0.717, 1.165) is 20.7 Å². The fourth-order valence-corrected chi connectivity index (χ4v) is 3.59. The quantitative estimate of drug-likeness (QED) is 0.757. The van der Waals surface area contributed by atoms with E-state index in [0.29, 0.717) is 17.9 Å². The summed E-state index contributed by atoms with van der Waals surface area (Å²) in [6.45, 7) is 5.21. The lowest BCUT2D eigenvalue weighted by molar-refractivity contribution is 0.556. The number of fused-ring (bicyclic) bond motifs is 1. The maximum atomic E-state index is 12.6. The van der Waals surface area contributed by atoms with Gasteiger partial charge in [0.25, 0.3) is 5.56 Å². The molecule has 0 saturated carbocycles. The number of hydrogen-bond donors (Lipinski definition) is 1. The minimum absolute atomic E-state index is 0.00860. The van der Waals surface area contributed by atoms with Gasteiger partial charge in [0.1, 0.15) is 4.83 Å². The van der Waals surface area contributed by atoms with Crippen LogP contribution in [0.4, 0.5) is 0 Å². The Bertz CT molecular complexity index is 870. The first-order chi connectivity index (χ1) is 9.58. The molecule has 0 aliphatic heterocycles. The van der Waals surface area contributed by atoms with E-state index in [4.69, 9.17) is 12.2 Å². The first-order valence-electron chi connectivity index (χ1n) is 6.26. The van der Waals surface area contributed by atoms with Gasteiger partial charge in [-0.2, -0.15) is 0 Å². The van der Waals surface area contributed by atoms with E-state index < -0.39 is 0 Å². The first kappa shape index (κ1) is 13.3. The Morgan fingerprint density at radius 1 is 1.40 bits per heavy atom. The molecule has 20 heavy (non-hydrogen) atoms. The normalized spacial score (nSPS) is 11.3. The van der Waals surface area contributed by atoms with Crippen LogP contribution in [0.25, 0.3) is 10.2 Å². The molecule has 3 rings (SSSR count). The summed E-state index contributed by atoms with van der Waals surface area (Å²) in [5.74, 6) is 0. The number of hydrogen-bond acceptors (Lipinski definition) is 4. The summed E-state index contributed by atoms with van der Waals surface area (Å²) >= 11 is 6.88. The number of aryl methyl sites for hydroxylation is 3. The van der Waals surface area contributed by atoms with Gasteiger partial charge in [0.05, 0.1) is 11.7 Å². The van der Waals surface area contributed by atoms with Crippen molar-refractivity contribution < 1.29 is 0 Å². The summed E-state index contributed by atoms with van der Waals surface area (Å²) in [5.41, 5.74) is 1.03. The van der Waals surface area contributed by atoms with Crippen LogP contribution in [0.5, 0.6) is 0 Å². The van der Waals surface area contributed by atoms with Gasteiger partial charge in [0, 0.05) is 30.4 Å². The Kier molecular flexibility index (Phi) is 3.31. The van der Waals surface area contributed by atoms with E-state index in [9.17, 15) is 4.79 Å². The van der Waals surface area contributed by atoms with Crippen molar-refractivity contribution in [1.29, 1.82) is 0 Å². The summed E-state index contributed by atoms with van der Waals surface area (Å²) in [5, 5.41) is 0.756. The molecule has 0 fully saturated rings. The summed E-state index contributed by atoms with van der Waals surface area (Å²) in [7, 11) is 0. The van der Waals surface area contributed by atoms with E-state index >= 15 is 0 Å². The highest BCUT2D eigenvalue weighted by Crippen LogP contribution is 2.25. The van der Waals surface area contributed by atoms with Gasteiger partial charge < -0.3 is 9.55 Å². The predicted molar refractivity (Wildman–Crippen MR) is 83.0 cm³/mol. The predicted octanol–water partition coefficient (Wildman–Crippen LogP) is 2.63. The van der Waals surface area contributed by atoms with E-state index in [2.05, 4.69) is 9.97 Å². The Morgan fingerprint density at radius 2 is 2.20 bits per heavy atom. The molecule has 0 aliphatic rings. The molecule has 3 heterocycles. The molecule has 104 valence electrons. The zero-order valence-corrected chi connectivity index (χ0v) is 12.8. The molecule has 0 spiro atoms. The molecule has 0 saturated heterocycles. The maximum absolute atomic E-state index is 12.6. The molecule has 0 aromatic carbocycles. The van der Waals surface area contributed by atoms with Crippen LogP contribution in [-0.2, 0) is 13.1 Å². The third kappa shape index (κ3) is 2.12. The molecule has 1 N–H and O–H groups in total. The van der Waals surface area contributed by atoms with Gasteiger partial charge in [0.2, 0.25) is 0 Å². The van der Waals surface area contributed by atoms with Gasteiger partial charge in [0.15, 0.2) is 4.77 Å². The van der Waals surface area contributed by atoms with Gasteiger partial charge >= 0.3 is 0 Å². The van der Waals surface area contributed by atoms with Crippen molar-refractivity contribution in [2.24, 2.45) is 0 Å². The highest BCUT2D eigenvalue weighted by molar-refractivity contribution is 7.71. The third-order valence-electron chi connectivity index (χ3n) is 3.45. The van der Waals surface area contributed by atoms with Gasteiger partial charge in [-0.1, -0.05) is 0 Å². The van der Waals surface area contributed by atoms with Crippen LogP contribution >= 0.6 is 23.6 Å². The zero-order valence-electron chi connectivity index (χ0n) is 11.2. The molecule has 0 atom stereocenters. The molecule has 0 aliphatic carbocycles. The molecule has 0 unspecified atom stereocenters. The number of aromatic nitrogens is 4. The van der Waals surface area contributed by atoms with Crippen LogP contribution in [0.15, 0.2) is 23.5 Å². The lowest BCUT2D eigenvalue weighted by Gasteiger charge is -2.07. The summed E-state index contributed by atoms with van der Waals surface area (Å²) in [4.78, 5) is 21.8. The van der Waals surface area contributed by atoms with Crippen molar-refractivity contribution in [2.75, 3.05) is 0 Å². The average molecular weight is 306 g/mol. The SMILES string of the molecule is Cc1sc2[nH]c(=S)n(CCn3ccnc3)c(=O)c2c1C. The molecule has 0 bridgehead atoms. The number of nitrogens with one attached hydrogen (secondary N) is 1.